The fourth-order valence-corrected chi connectivity index (χ4v) is 1.91. The Kier molecular flexibility index (Phi) is 7.23. The molecule has 0 N–H and O–H groups in total. The van der Waals surface area contributed by atoms with E-state index in [1.54, 1.807) is 12.0 Å². The van der Waals surface area contributed by atoms with E-state index in [0.717, 1.165) is 12.0 Å². The zero-order chi connectivity index (χ0) is 14.1. The molecule has 1 aromatic rings. The van der Waals surface area contributed by atoms with Crippen molar-refractivity contribution in [2.24, 2.45) is 0 Å². The second kappa shape index (κ2) is 8.73. The lowest BCUT2D eigenvalue weighted by Gasteiger charge is -2.18. The summed E-state index contributed by atoms with van der Waals surface area (Å²) >= 11 is 5.61. The summed E-state index contributed by atoms with van der Waals surface area (Å²) < 4.78 is 5.00. The van der Waals surface area contributed by atoms with Gasteiger partial charge in [-0.25, -0.2) is 0 Å². The van der Waals surface area contributed by atoms with Gasteiger partial charge in [-0.2, -0.15) is 0 Å². The number of hydrogen-bond donors (Lipinski definition) is 0. The van der Waals surface area contributed by atoms with Gasteiger partial charge in [0.25, 0.3) is 0 Å². The maximum Gasteiger partial charge on any atom is 0.241 e. The van der Waals surface area contributed by atoms with Crippen LogP contribution in [0.2, 0.25) is 0 Å². The highest BCUT2D eigenvalue weighted by Crippen LogP contribution is 2.09. The normalized spacial score (nSPS) is 11.4. The van der Waals surface area contributed by atoms with E-state index in [4.69, 9.17) is 16.3 Å². The average Bonchev–Trinajstić information content (AvgIpc) is 2.43. The summed E-state index contributed by atoms with van der Waals surface area (Å²) in [6.07, 6.45) is 2.68. The number of alkyl halides is 1. The van der Waals surface area contributed by atoms with Crippen LogP contribution in [0.3, 0.4) is 0 Å². The third-order valence-electron chi connectivity index (χ3n) is 2.67. The molecule has 0 saturated carbocycles. The molecular weight excluding hydrogens is 262 g/mol. The molecule has 1 rings (SSSR count). The summed E-state index contributed by atoms with van der Waals surface area (Å²) in [5, 5.41) is 0. The summed E-state index contributed by atoms with van der Waals surface area (Å²) in [5.41, 5.74) is 2.34. The van der Waals surface area contributed by atoms with Crippen molar-refractivity contribution in [3.63, 3.8) is 0 Å². The van der Waals surface area contributed by atoms with Crippen molar-refractivity contribution in [2.75, 3.05) is 26.1 Å². The first kappa shape index (κ1) is 15.7. The quantitative estimate of drug-likeness (QED) is 0.719. The van der Waals surface area contributed by atoms with E-state index < -0.39 is 0 Å². The van der Waals surface area contributed by atoms with E-state index in [1.165, 1.54) is 5.56 Å². The van der Waals surface area contributed by atoms with Crippen molar-refractivity contribution in [3.8, 4) is 0 Å². The predicted molar refractivity (Wildman–Crippen MR) is 78.2 cm³/mol. The van der Waals surface area contributed by atoms with Gasteiger partial charge in [0.05, 0.1) is 6.61 Å². The number of amides is 1. The second-order valence-electron chi connectivity index (χ2n) is 4.35. The summed E-state index contributed by atoms with van der Waals surface area (Å²) in [4.78, 5) is 13.3. The minimum absolute atomic E-state index is 0.0150. The largest absolute Gasteiger partial charge is 0.383 e. The van der Waals surface area contributed by atoms with E-state index in [2.05, 4.69) is 12.1 Å². The molecule has 0 aromatic heterocycles. The van der Waals surface area contributed by atoms with Gasteiger partial charge in [-0.1, -0.05) is 35.9 Å². The molecule has 104 valence electrons. The third kappa shape index (κ3) is 5.90. The van der Waals surface area contributed by atoms with Crippen LogP contribution in [0.4, 0.5) is 0 Å². The first-order chi connectivity index (χ1) is 9.17. The molecule has 0 aliphatic heterocycles. The molecule has 0 atom stereocenters. The molecule has 0 aliphatic carbocycles. The molecule has 0 unspecified atom stereocenters. The first-order valence-corrected chi connectivity index (χ1v) is 6.76. The number of halogens is 1. The van der Waals surface area contributed by atoms with E-state index >= 15 is 0 Å². The summed E-state index contributed by atoms with van der Waals surface area (Å²) in [5.74, 6) is -0.120. The van der Waals surface area contributed by atoms with Crippen molar-refractivity contribution in [3.05, 3.63) is 47.7 Å². The first-order valence-electron chi connectivity index (χ1n) is 6.23. The lowest BCUT2D eigenvalue weighted by Crippen LogP contribution is -2.30. The number of allylic oxidation sites excluding steroid dienone is 1. The van der Waals surface area contributed by atoms with Gasteiger partial charge in [-0.05, 0) is 18.9 Å². The standard InChI is InChI=1S/C15H20ClNO2/c1-13(10-14-6-4-3-5-7-14)12-17(8-9-19-2)15(18)11-16/h3-7,12H,8-11H2,1-2H3. The monoisotopic (exact) mass is 281 g/mol. The zero-order valence-electron chi connectivity index (χ0n) is 11.4. The summed E-state index contributed by atoms with van der Waals surface area (Å²) in [6, 6.07) is 10.1. The fraction of sp³-hybridized carbons (Fsp3) is 0.400. The predicted octanol–water partition coefficient (Wildman–Crippen LogP) is 2.85. The van der Waals surface area contributed by atoms with Crippen LogP contribution in [0, 0.1) is 0 Å². The van der Waals surface area contributed by atoms with Gasteiger partial charge in [0, 0.05) is 19.9 Å². The molecular formula is C15H20ClNO2. The molecule has 0 radical (unpaired) electrons. The number of hydrogen-bond acceptors (Lipinski definition) is 2. The minimum atomic E-state index is -0.105. The van der Waals surface area contributed by atoms with Gasteiger partial charge in [-0.15, -0.1) is 11.6 Å². The fourth-order valence-electron chi connectivity index (χ4n) is 1.76. The SMILES string of the molecule is COCCN(C=C(C)Cc1ccccc1)C(=O)CCl. The molecule has 3 nitrogen and oxygen atoms in total. The lowest BCUT2D eigenvalue weighted by molar-refractivity contribution is -0.126. The molecule has 4 heteroatoms. The van der Waals surface area contributed by atoms with Crippen LogP contribution in [0.1, 0.15) is 12.5 Å². The number of carbonyl (C=O) groups is 1. The number of rotatable bonds is 7. The van der Waals surface area contributed by atoms with Crippen LogP contribution in [0.25, 0.3) is 0 Å². The van der Waals surface area contributed by atoms with Crippen molar-refractivity contribution in [2.45, 2.75) is 13.3 Å². The molecule has 1 amide bonds. The number of methoxy groups -OCH3 is 1. The molecule has 19 heavy (non-hydrogen) atoms. The molecule has 0 spiro atoms. The maximum atomic E-state index is 11.7. The van der Waals surface area contributed by atoms with E-state index in [-0.39, 0.29) is 11.8 Å². The summed E-state index contributed by atoms with van der Waals surface area (Å²) in [7, 11) is 1.61. The Morgan fingerprint density at radius 1 is 1.37 bits per heavy atom. The molecule has 0 fully saturated rings. The van der Waals surface area contributed by atoms with Crippen LogP contribution in [-0.4, -0.2) is 36.9 Å². The smallest absolute Gasteiger partial charge is 0.241 e. The Labute approximate surface area is 119 Å². The average molecular weight is 282 g/mol. The number of nitrogens with zero attached hydrogens (tertiary/aromatic N) is 1. The minimum Gasteiger partial charge on any atom is -0.383 e. The second-order valence-corrected chi connectivity index (χ2v) is 4.62. The van der Waals surface area contributed by atoms with Crippen LogP contribution in [-0.2, 0) is 16.0 Å². The van der Waals surface area contributed by atoms with E-state index in [1.807, 2.05) is 31.3 Å². The summed E-state index contributed by atoms with van der Waals surface area (Å²) in [6.45, 7) is 3.03. The third-order valence-corrected chi connectivity index (χ3v) is 2.90. The van der Waals surface area contributed by atoms with Gasteiger partial charge in [0.15, 0.2) is 0 Å². The van der Waals surface area contributed by atoms with Gasteiger partial charge < -0.3 is 9.64 Å². The van der Waals surface area contributed by atoms with Crippen LogP contribution in [0.15, 0.2) is 42.1 Å². The highest BCUT2D eigenvalue weighted by molar-refractivity contribution is 6.27. The lowest BCUT2D eigenvalue weighted by atomic mass is 10.1. The Morgan fingerprint density at radius 2 is 2.05 bits per heavy atom. The highest BCUT2D eigenvalue weighted by Gasteiger charge is 2.09. The Morgan fingerprint density at radius 3 is 2.63 bits per heavy atom. The van der Waals surface area contributed by atoms with Crippen molar-refractivity contribution in [1.29, 1.82) is 0 Å². The van der Waals surface area contributed by atoms with E-state index in [0.29, 0.717) is 13.2 Å². The van der Waals surface area contributed by atoms with E-state index in [9.17, 15) is 4.79 Å². The van der Waals surface area contributed by atoms with Crippen LogP contribution < -0.4 is 0 Å². The Bertz CT molecular complexity index is 417. The van der Waals surface area contributed by atoms with Crippen LogP contribution in [0.5, 0.6) is 0 Å². The van der Waals surface area contributed by atoms with Gasteiger partial charge in [-0.3, -0.25) is 4.79 Å². The van der Waals surface area contributed by atoms with Gasteiger partial charge in [0.2, 0.25) is 5.91 Å². The van der Waals surface area contributed by atoms with Crippen molar-refractivity contribution in [1.82, 2.24) is 4.90 Å². The van der Waals surface area contributed by atoms with Crippen molar-refractivity contribution >= 4 is 17.5 Å². The number of carbonyl (C=O) groups excluding carboxylic acids is 1. The van der Waals surface area contributed by atoms with Gasteiger partial charge in [0.1, 0.15) is 5.88 Å². The van der Waals surface area contributed by atoms with Crippen molar-refractivity contribution < 1.29 is 9.53 Å². The molecule has 0 saturated heterocycles. The van der Waals surface area contributed by atoms with Crippen LogP contribution >= 0.6 is 11.6 Å². The number of benzene rings is 1. The molecule has 0 aliphatic rings. The molecule has 0 heterocycles. The Hall–Kier alpha value is -1.32. The molecule has 1 aromatic carbocycles. The van der Waals surface area contributed by atoms with Gasteiger partial charge >= 0.3 is 0 Å². The Balaban J connectivity index is 2.68. The highest BCUT2D eigenvalue weighted by atomic mass is 35.5. The number of ether oxygens (including phenoxy) is 1. The maximum absolute atomic E-state index is 11.7. The topological polar surface area (TPSA) is 29.5 Å². The molecule has 0 bridgehead atoms. The zero-order valence-corrected chi connectivity index (χ0v) is 12.2.